The van der Waals surface area contributed by atoms with Crippen LogP contribution in [0.2, 0.25) is 5.02 Å². The van der Waals surface area contributed by atoms with Gasteiger partial charge in [-0.1, -0.05) is 51.8 Å². The molecule has 0 bridgehead atoms. The Morgan fingerprint density at radius 3 is 2.67 bits per heavy atom. The molecule has 0 atom stereocenters. The number of nitrogens with one attached hydrogen (secondary N) is 1. The molecule has 0 radical (unpaired) electrons. The largest absolute Gasteiger partial charge is 0.506 e. The summed E-state index contributed by atoms with van der Waals surface area (Å²) in [6, 6.07) is 13.5. The number of rotatable bonds is 4. The van der Waals surface area contributed by atoms with E-state index in [1.54, 1.807) is 6.07 Å². The van der Waals surface area contributed by atoms with Gasteiger partial charge in [0.1, 0.15) is 5.75 Å². The van der Waals surface area contributed by atoms with Crippen molar-refractivity contribution in [3.8, 4) is 5.75 Å². The lowest BCUT2D eigenvalue weighted by Gasteiger charge is -2.08. The number of halogens is 2. The Labute approximate surface area is 120 Å². The summed E-state index contributed by atoms with van der Waals surface area (Å²) in [5.74, 6) is 0.154. The van der Waals surface area contributed by atoms with Crippen LogP contribution in [0.1, 0.15) is 11.1 Å². The van der Waals surface area contributed by atoms with Crippen molar-refractivity contribution in [1.82, 2.24) is 5.32 Å². The standard InChI is InChI=1S/C14H13BrClNO/c15-12-5-1-3-10(7-12)8-17-9-11-4-2-6-13(16)14(11)18/h1-7,17-18H,8-9H2. The van der Waals surface area contributed by atoms with E-state index in [4.69, 9.17) is 11.6 Å². The maximum atomic E-state index is 9.76. The molecule has 0 amide bonds. The van der Waals surface area contributed by atoms with Crippen molar-refractivity contribution >= 4 is 27.5 Å². The van der Waals surface area contributed by atoms with Gasteiger partial charge in [0.2, 0.25) is 0 Å². The molecule has 2 nitrogen and oxygen atoms in total. The molecule has 0 aliphatic rings. The van der Waals surface area contributed by atoms with Gasteiger partial charge in [-0.05, 0) is 23.8 Å². The third kappa shape index (κ3) is 3.48. The van der Waals surface area contributed by atoms with E-state index >= 15 is 0 Å². The molecule has 0 heterocycles. The SMILES string of the molecule is Oc1c(Cl)cccc1CNCc1cccc(Br)c1. The van der Waals surface area contributed by atoms with E-state index in [9.17, 15) is 5.11 Å². The minimum Gasteiger partial charge on any atom is -0.506 e. The van der Waals surface area contributed by atoms with Crippen LogP contribution in [0.25, 0.3) is 0 Å². The number of benzene rings is 2. The predicted octanol–water partition coefficient (Wildman–Crippen LogP) is 4.10. The Balaban J connectivity index is 1.94. The van der Waals surface area contributed by atoms with Crippen LogP contribution in [0, 0.1) is 0 Å². The summed E-state index contributed by atoms with van der Waals surface area (Å²) in [7, 11) is 0. The second-order valence-electron chi connectivity index (χ2n) is 3.98. The number of aromatic hydroxyl groups is 1. The maximum Gasteiger partial charge on any atom is 0.138 e. The van der Waals surface area contributed by atoms with Crippen molar-refractivity contribution < 1.29 is 5.11 Å². The highest BCUT2D eigenvalue weighted by atomic mass is 79.9. The molecule has 2 aromatic carbocycles. The maximum absolute atomic E-state index is 9.76. The first-order valence-corrected chi connectivity index (χ1v) is 6.75. The molecule has 0 aliphatic heterocycles. The van der Waals surface area contributed by atoms with Gasteiger partial charge in [0.15, 0.2) is 0 Å². The second kappa shape index (κ2) is 6.23. The predicted molar refractivity (Wildman–Crippen MR) is 77.8 cm³/mol. The van der Waals surface area contributed by atoms with Crippen molar-refractivity contribution in [3.05, 3.63) is 63.1 Å². The Morgan fingerprint density at radius 1 is 1.11 bits per heavy atom. The summed E-state index contributed by atoms with van der Waals surface area (Å²) in [6.45, 7) is 1.32. The van der Waals surface area contributed by atoms with Crippen LogP contribution in [0.3, 0.4) is 0 Å². The molecule has 0 saturated carbocycles. The molecule has 0 spiro atoms. The van der Waals surface area contributed by atoms with Crippen LogP contribution < -0.4 is 5.32 Å². The third-order valence-electron chi connectivity index (χ3n) is 2.60. The Bertz CT molecular complexity index is 545. The van der Waals surface area contributed by atoms with E-state index in [1.807, 2.05) is 24.3 Å². The summed E-state index contributed by atoms with van der Waals surface area (Å²) in [5, 5.41) is 13.4. The molecule has 0 saturated heterocycles. The molecule has 0 aromatic heterocycles. The van der Waals surface area contributed by atoms with Gasteiger partial charge in [-0.2, -0.15) is 0 Å². The van der Waals surface area contributed by atoms with Crippen LogP contribution in [0.4, 0.5) is 0 Å². The second-order valence-corrected chi connectivity index (χ2v) is 5.30. The first-order valence-electron chi connectivity index (χ1n) is 5.58. The minimum atomic E-state index is 0.154. The van der Waals surface area contributed by atoms with Crippen LogP contribution in [-0.4, -0.2) is 5.11 Å². The molecule has 2 rings (SSSR count). The molecule has 0 aliphatic carbocycles. The van der Waals surface area contributed by atoms with Gasteiger partial charge in [-0.25, -0.2) is 0 Å². The van der Waals surface area contributed by atoms with Crippen LogP contribution in [0.15, 0.2) is 46.9 Å². The monoisotopic (exact) mass is 325 g/mol. The van der Waals surface area contributed by atoms with Crippen LogP contribution in [0.5, 0.6) is 5.75 Å². The van der Waals surface area contributed by atoms with Crippen molar-refractivity contribution in [1.29, 1.82) is 0 Å². The Kier molecular flexibility index (Phi) is 4.64. The van der Waals surface area contributed by atoms with Gasteiger partial charge < -0.3 is 10.4 Å². The van der Waals surface area contributed by atoms with Crippen LogP contribution >= 0.6 is 27.5 Å². The minimum absolute atomic E-state index is 0.154. The smallest absolute Gasteiger partial charge is 0.138 e. The molecule has 2 N–H and O–H groups in total. The van der Waals surface area contributed by atoms with Gasteiger partial charge >= 0.3 is 0 Å². The number of phenols is 1. The third-order valence-corrected chi connectivity index (χ3v) is 3.40. The normalized spacial score (nSPS) is 10.6. The number of hydrogen-bond acceptors (Lipinski definition) is 2. The molecule has 4 heteroatoms. The highest BCUT2D eigenvalue weighted by Crippen LogP contribution is 2.26. The molecule has 2 aromatic rings. The van der Waals surface area contributed by atoms with Crippen molar-refractivity contribution in [3.63, 3.8) is 0 Å². The lowest BCUT2D eigenvalue weighted by Crippen LogP contribution is -2.12. The molecule has 0 unspecified atom stereocenters. The fourth-order valence-electron chi connectivity index (χ4n) is 1.69. The Morgan fingerprint density at radius 2 is 1.89 bits per heavy atom. The molecule has 18 heavy (non-hydrogen) atoms. The number of para-hydroxylation sites is 1. The summed E-state index contributed by atoms with van der Waals surface area (Å²) in [5.41, 5.74) is 1.99. The summed E-state index contributed by atoms with van der Waals surface area (Å²) < 4.78 is 1.06. The summed E-state index contributed by atoms with van der Waals surface area (Å²) in [6.07, 6.45) is 0. The Hall–Kier alpha value is -1.03. The highest BCUT2D eigenvalue weighted by Gasteiger charge is 2.04. The molecule has 94 valence electrons. The zero-order chi connectivity index (χ0) is 13.0. The van der Waals surface area contributed by atoms with Gasteiger partial charge in [0, 0.05) is 23.1 Å². The van der Waals surface area contributed by atoms with Gasteiger partial charge in [-0.3, -0.25) is 0 Å². The number of phenolic OH excluding ortho intramolecular Hbond substituents is 1. The highest BCUT2D eigenvalue weighted by molar-refractivity contribution is 9.10. The average molecular weight is 327 g/mol. The van der Waals surface area contributed by atoms with Gasteiger partial charge in [0.25, 0.3) is 0 Å². The average Bonchev–Trinajstić information content (AvgIpc) is 2.35. The van der Waals surface area contributed by atoms with Crippen molar-refractivity contribution in [2.75, 3.05) is 0 Å². The van der Waals surface area contributed by atoms with E-state index in [2.05, 4.69) is 33.4 Å². The van der Waals surface area contributed by atoms with E-state index in [0.29, 0.717) is 11.6 Å². The molecular weight excluding hydrogens is 314 g/mol. The van der Waals surface area contributed by atoms with Gasteiger partial charge in [0.05, 0.1) is 5.02 Å². The van der Waals surface area contributed by atoms with E-state index in [0.717, 1.165) is 16.6 Å². The lowest BCUT2D eigenvalue weighted by atomic mass is 10.2. The summed E-state index contributed by atoms with van der Waals surface area (Å²) in [4.78, 5) is 0. The first kappa shape index (κ1) is 13.4. The molecule has 0 fully saturated rings. The fourth-order valence-corrected chi connectivity index (χ4v) is 2.33. The van der Waals surface area contributed by atoms with Crippen molar-refractivity contribution in [2.24, 2.45) is 0 Å². The first-order chi connectivity index (χ1) is 8.66. The topological polar surface area (TPSA) is 32.3 Å². The van der Waals surface area contributed by atoms with E-state index in [1.165, 1.54) is 5.56 Å². The zero-order valence-corrected chi connectivity index (χ0v) is 12.0. The van der Waals surface area contributed by atoms with Crippen LogP contribution in [-0.2, 0) is 13.1 Å². The lowest BCUT2D eigenvalue weighted by molar-refractivity contribution is 0.464. The quantitative estimate of drug-likeness (QED) is 0.886. The van der Waals surface area contributed by atoms with E-state index in [-0.39, 0.29) is 5.75 Å². The van der Waals surface area contributed by atoms with Crippen molar-refractivity contribution in [2.45, 2.75) is 13.1 Å². The summed E-state index contributed by atoms with van der Waals surface area (Å²) >= 11 is 9.28. The number of hydrogen-bond donors (Lipinski definition) is 2. The molecular formula is C14H13BrClNO. The van der Waals surface area contributed by atoms with Gasteiger partial charge in [-0.15, -0.1) is 0 Å². The fraction of sp³-hybridized carbons (Fsp3) is 0.143. The van der Waals surface area contributed by atoms with E-state index < -0.39 is 0 Å². The zero-order valence-electron chi connectivity index (χ0n) is 9.66.